The van der Waals surface area contributed by atoms with Crippen molar-refractivity contribution in [2.24, 2.45) is 5.92 Å². The first-order chi connectivity index (χ1) is 8.60. The van der Waals surface area contributed by atoms with Crippen LogP contribution in [0.5, 0.6) is 5.75 Å². The van der Waals surface area contributed by atoms with Gasteiger partial charge in [0, 0.05) is 12.5 Å². The molecule has 18 heavy (non-hydrogen) atoms. The van der Waals surface area contributed by atoms with Crippen molar-refractivity contribution in [2.75, 3.05) is 7.05 Å². The van der Waals surface area contributed by atoms with Gasteiger partial charge in [0.2, 0.25) is 0 Å². The van der Waals surface area contributed by atoms with E-state index in [1.165, 1.54) is 17.5 Å². The summed E-state index contributed by atoms with van der Waals surface area (Å²) in [5.74, 6) is 1.78. The second-order valence-electron chi connectivity index (χ2n) is 5.77. The van der Waals surface area contributed by atoms with E-state index in [2.05, 4.69) is 51.3 Å². The quantitative estimate of drug-likeness (QED) is 0.862. The fourth-order valence-corrected chi connectivity index (χ4v) is 2.79. The third-order valence-corrected chi connectivity index (χ3v) is 3.93. The van der Waals surface area contributed by atoms with Gasteiger partial charge in [-0.25, -0.2) is 0 Å². The molecule has 0 aromatic heterocycles. The Balaban J connectivity index is 1.88. The minimum absolute atomic E-state index is 0.372. The van der Waals surface area contributed by atoms with Crippen LogP contribution in [0.4, 0.5) is 0 Å². The van der Waals surface area contributed by atoms with E-state index < -0.39 is 0 Å². The molecule has 1 N–H and O–H groups in total. The maximum atomic E-state index is 6.01. The van der Waals surface area contributed by atoms with E-state index in [1.54, 1.807) is 0 Å². The summed E-state index contributed by atoms with van der Waals surface area (Å²) in [5, 5.41) is 3.40. The van der Waals surface area contributed by atoms with Gasteiger partial charge in [0.1, 0.15) is 11.9 Å². The molecular formula is C16H25NO. The van der Waals surface area contributed by atoms with Gasteiger partial charge in [-0.15, -0.1) is 0 Å². The fourth-order valence-electron chi connectivity index (χ4n) is 2.79. The molecule has 0 spiro atoms. The van der Waals surface area contributed by atoms with E-state index in [9.17, 15) is 0 Å². The molecule has 0 bridgehead atoms. The van der Waals surface area contributed by atoms with E-state index in [0.717, 1.165) is 18.6 Å². The zero-order chi connectivity index (χ0) is 13.1. The highest BCUT2D eigenvalue weighted by Gasteiger charge is 2.24. The molecule has 0 amide bonds. The highest BCUT2D eigenvalue weighted by Crippen LogP contribution is 2.31. The van der Waals surface area contributed by atoms with E-state index in [1.807, 2.05) is 0 Å². The average molecular weight is 247 g/mol. The van der Waals surface area contributed by atoms with Crippen LogP contribution in [-0.2, 0) is 6.42 Å². The van der Waals surface area contributed by atoms with Crippen molar-refractivity contribution in [2.45, 2.75) is 52.2 Å². The third-order valence-electron chi connectivity index (χ3n) is 3.93. The van der Waals surface area contributed by atoms with Crippen molar-refractivity contribution >= 4 is 0 Å². The first-order valence-corrected chi connectivity index (χ1v) is 7.03. The van der Waals surface area contributed by atoms with Crippen molar-refractivity contribution in [3.05, 3.63) is 29.3 Å². The summed E-state index contributed by atoms with van der Waals surface area (Å²) in [4.78, 5) is 0. The van der Waals surface area contributed by atoms with Crippen molar-refractivity contribution in [3.8, 4) is 5.75 Å². The van der Waals surface area contributed by atoms with Gasteiger partial charge in [-0.1, -0.05) is 31.5 Å². The smallest absolute Gasteiger partial charge is 0.123 e. The first-order valence-electron chi connectivity index (χ1n) is 7.03. The predicted molar refractivity (Wildman–Crippen MR) is 76.2 cm³/mol. The van der Waals surface area contributed by atoms with Crippen LogP contribution in [0.25, 0.3) is 0 Å². The molecule has 0 fully saturated rings. The number of hydrogen-bond donors (Lipinski definition) is 1. The molecule has 2 rings (SSSR count). The van der Waals surface area contributed by atoms with Gasteiger partial charge in [-0.3, -0.25) is 0 Å². The van der Waals surface area contributed by atoms with Crippen molar-refractivity contribution < 1.29 is 4.74 Å². The second kappa shape index (κ2) is 5.75. The molecular weight excluding hydrogens is 222 g/mol. The molecule has 1 aliphatic heterocycles. The lowest BCUT2D eigenvalue weighted by Crippen LogP contribution is -2.32. The van der Waals surface area contributed by atoms with Gasteiger partial charge in [-0.2, -0.15) is 0 Å². The topological polar surface area (TPSA) is 21.3 Å². The summed E-state index contributed by atoms with van der Waals surface area (Å²) in [6.07, 6.45) is 3.77. The van der Waals surface area contributed by atoms with Crippen molar-refractivity contribution in [3.63, 3.8) is 0 Å². The summed E-state index contributed by atoms with van der Waals surface area (Å²) >= 11 is 0. The Bertz CT molecular complexity index is 400. The Labute approximate surface area is 111 Å². The van der Waals surface area contributed by atoms with Crippen molar-refractivity contribution in [1.82, 2.24) is 5.32 Å². The van der Waals surface area contributed by atoms with Crippen LogP contribution in [0.2, 0.25) is 0 Å². The first kappa shape index (κ1) is 13.4. The monoisotopic (exact) mass is 247 g/mol. The van der Waals surface area contributed by atoms with Crippen LogP contribution in [0.3, 0.4) is 0 Å². The Hall–Kier alpha value is -1.02. The molecule has 100 valence electrons. The van der Waals surface area contributed by atoms with Crippen molar-refractivity contribution in [1.29, 1.82) is 0 Å². The average Bonchev–Trinajstić information content (AvgIpc) is 2.71. The Kier molecular flexibility index (Phi) is 4.28. The molecule has 1 aliphatic rings. The van der Waals surface area contributed by atoms with Gasteiger partial charge < -0.3 is 10.1 Å². The zero-order valence-electron chi connectivity index (χ0n) is 12.0. The molecule has 2 heteroatoms. The third kappa shape index (κ3) is 3.05. The van der Waals surface area contributed by atoms with Crippen LogP contribution >= 0.6 is 0 Å². The summed E-state index contributed by atoms with van der Waals surface area (Å²) in [5.41, 5.74) is 2.71. The van der Waals surface area contributed by atoms with E-state index in [0.29, 0.717) is 18.1 Å². The number of ether oxygens (including phenoxy) is 1. The van der Waals surface area contributed by atoms with Gasteiger partial charge in [0.15, 0.2) is 0 Å². The highest BCUT2D eigenvalue weighted by atomic mass is 16.5. The highest BCUT2D eigenvalue weighted by molar-refractivity contribution is 5.40. The van der Waals surface area contributed by atoms with E-state index in [4.69, 9.17) is 4.74 Å². The van der Waals surface area contributed by atoms with Crippen LogP contribution in [0.15, 0.2) is 18.2 Å². The van der Waals surface area contributed by atoms with Crippen LogP contribution in [0, 0.1) is 12.8 Å². The molecule has 1 heterocycles. The van der Waals surface area contributed by atoms with Crippen LogP contribution < -0.4 is 10.1 Å². The molecule has 0 radical (unpaired) electrons. The molecule has 2 nitrogen and oxygen atoms in total. The lowest BCUT2D eigenvalue weighted by molar-refractivity contribution is 0.206. The molecule has 2 atom stereocenters. The number of hydrogen-bond acceptors (Lipinski definition) is 2. The SMILES string of the molecule is CNC(CCC1Cc2cc(C)ccc2O1)C(C)C. The number of aryl methyl sites for hydroxylation is 1. The fraction of sp³-hybridized carbons (Fsp3) is 0.625. The lowest BCUT2D eigenvalue weighted by atomic mass is 9.96. The normalized spacial score (nSPS) is 19.7. The molecule has 0 saturated heterocycles. The second-order valence-corrected chi connectivity index (χ2v) is 5.77. The van der Waals surface area contributed by atoms with E-state index in [-0.39, 0.29) is 0 Å². The number of benzene rings is 1. The molecule has 0 saturated carbocycles. The largest absolute Gasteiger partial charge is 0.490 e. The molecule has 1 aromatic carbocycles. The van der Waals surface area contributed by atoms with Gasteiger partial charge in [0.05, 0.1) is 0 Å². The van der Waals surface area contributed by atoms with E-state index >= 15 is 0 Å². The van der Waals surface area contributed by atoms with Crippen LogP contribution in [0.1, 0.15) is 37.8 Å². The Morgan fingerprint density at radius 1 is 1.39 bits per heavy atom. The maximum Gasteiger partial charge on any atom is 0.123 e. The molecule has 1 aromatic rings. The number of fused-ring (bicyclic) bond motifs is 1. The zero-order valence-corrected chi connectivity index (χ0v) is 12.0. The standard InChI is InChI=1S/C16H25NO/c1-11(2)15(17-4)7-6-14-10-13-9-12(3)5-8-16(13)18-14/h5,8-9,11,14-15,17H,6-7,10H2,1-4H3. The Morgan fingerprint density at radius 2 is 2.17 bits per heavy atom. The summed E-state index contributed by atoms with van der Waals surface area (Å²) in [6.45, 7) is 6.69. The summed E-state index contributed by atoms with van der Waals surface area (Å²) in [6, 6.07) is 7.10. The van der Waals surface area contributed by atoms with Gasteiger partial charge in [0.25, 0.3) is 0 Å². The minimum atomic E-state index is 0.372. The predicted octanol–water partition coefficient (Wildman–Crippen LogP) is 3.32. The minimum Gasteiger partial charge on any atom is -0.490 e. The molecule has 0 aliphatic carbocycles. The van der Waals surface area contributed by atoms with Gasteiger partial charge >= 0.3 is 0 Å². The molecule has 2 unspecified atom stereocenters. The van der Waals surface area contributed by atoms with Crippen LogP contribution in [-0.4, -0.2) is 19.2 Å². The number of rotatable bonds is 5. The summed E-state index contributed by atoms with van der Waals surface area (Å²) < 4.78 is 6.01. The lowest BCUT2D eigenvalue weighted by Gasteiger charge is -2.21. The maximum absolute atomic E-state index is 6.01. The van der Waals surface area contributed by atoms with Gasteiger partial charge in [-0.05, 0) is 44.4 Å². The number of nitrogens with one attached hydrogen (secondary N) is 1. The summed E-state index contributed by atoms with van der Waals surface area (Å²) in [7, 11) is 2.05. The Morgan fingerprint density at radius 3 is 2.83 bits per heavy atom.